The van der Waals surface area contributed by atoms with E-state index in [2.05, 4.69) is 180 Å². The molecule has 6 aromatic carbocycles. The van der Waals surface area contributed by atoms with E-state index >= 15 is 0 Å². The van der Waals surface area contributed by atoms with Crippen LogP contribution in [0.1, 0.15) is 35.6 Å². The molecule has 1 aliphatic carbocycles. The van der Waals surface area contributed by atoms with Gasteiger partial charge in [-0.25, -0.2) is 0 Å². The molecule has 45 heavy (non-hydrogen) atoms. The van der Waals surface area contributed by atoms with Gasteiger partial charge in [-0.3, -0.25) is 0 Å². The van der Waals surface area contributed by atoms with Gasteiger partial charge in [0.1, 0.15) is 0 Å². The van der Waals surface area contributed by atoms with Crippen molar-refractivity contribution in [3.63, 3.8) is 0 Å². The molecule has 0 bridgehead atoms. The third-order valence-electron chi connectivity index (χ3n) is 9.74. The Morgan fingerprint density at radius 2 is 1.04 bits per heavy atom. The molecule has 0 saturated heterocycles. The second kappa shape index (κ2) is 10.2. The van der Waals surface area contributed by atoms with Crippen molar-refractivity contribution in [3.8, 4) is 22.5 Å². The highest BCUT2D eigenvalue weighted by atomic mass is 15.0. The van der Waals surface area contributed by atoms with Crippen molar-refractivity contribution < 1.29 is 0 Å². The lowest BCUT2D eigenvalue weighted by Crippen LogP contribution is -2.12. The van der Waals surface area contributed by atoms with E-state index in [-0.39, 0.29) is 5.92 Å². The first-order chi connectivity index (χ1) is 22.3. The highest BCUT2D eigenvalue weighted by Crippen LogP contribution is 2.46. The SMILES string of the molecule is C[C@@H]1c2c(n(-c3ccc(-c4ccccc4)cc3)c3ccccc23)C=CC1c1ccc2c(c1)c1ccccc1n2-c1ccccc1. The molecule has 0 radical (unpaired) electrons. The molecule has 0 spiro atoms. The first-order valence-electron chi connectivity index (χ1n) is 15.8. The zero-order chi connectivity index (χ0) is 29.9. The van der Waals surface area contributed by atoms with Gasteiger partial charge in [0.15, 0.2) is 0 Å². The quantitative estimate of drug-likeness (QED) is 0.197. The van der Waals surface area contributed by atoms with Crippen LogP contribution in [0.3, 0.4) is 0 Å². The first-order valence-corrected chi connectivity index (χ1v) is 15.8. The zero-order valence-corrected chi connectivity index (χ0v) is 25.1. The minimum atomic E-state index is 0.278. The summed E-state index contributed by atoms with van der Waals surface area (Å²) in [5.41, 5.74) is 12.7. The van der Waals surface area contributed by atoms with Crippen molar-refractivity contribution in [1.82, 2.24) is 9.13 Å². The summed E-state index contributed by atoms with van der Waals surface area (Å²) in [4.78, 5) is 0. The molecule has 0 amide bonds. The lowest BCUT2D eigenvalue weighted by molar-refractivity contribution is 0.672. The highest BCUT2D eigenvalue weighted by Gasteiger charge is 2.30. The van der Waals surface area contributed by atoms with Gasteiger partial charge in [-0.1, -0.05) is 116 Å². The number of benzene rings is 6. The third-order valence-corrected chi connectivity index (χ3v) is 9.74. The van der Waals surface area contributed by atoms with Gasteiger partial charge in [0.25, 0.3) is 0 Å². The molecule has 1 unspecified atom stereocenters. The summed E-state index contributed by atoms with van der Waals surface area (Å²) in [5, 5.41) is 3.93. The maximum atomic E-state index is 2.44. The molecule has 0 N–H and O–H groups in total. The average molecular weight is 577 g/mol. The number of hydrogen-bond acceptors (Lipinski definition) is 0. The molecule has 0 fully saturated rings. The second-order valence-corrected chi connectivity index (χ2v) is 12.2. The molecule has 2 atom stereocenters. The monoisotopic (exact) mass is 576 g/mol. The fourth-order valence-corrected chi connectivity index (χ4v) is 7.63. The zero-order valence-electron chi connectivity index (χ0n) is 25.1. The van der Waals surface area contributed by atoms with Gasteiger partial charge in [0.2, 0.25) is 0 Å². The Kier molecular flexibility index (Phi) is 5.89. The van der Waals surface area contributed by atoms with Crippen molar-refractivity contribution in [1.29, 1.82) is 0 Å². The Bertz CT molecular complexity index is 2370. The van der Waals surface area contributed by atoms with E-state index in [9.17, 15) is 0 Å². The summed E-state index contributed by atoms with van der Waals surface area (Å²) in [5.74, 6) is 0.597. The van der Waals surface area contributed by atoms with Crippen molar-refractivity contribution >= 4 is 38.8 Å². The van der Waals surface area contributed by atoms with Gasteiger partial charge < -0.3 is 9.13 Å². The first kappa shape index (κ1) is 25.9. The summed E-state index contributed by atoms with van der Waals surface area (Å²) in [6.07, 6.45) is 4.79. The third kappa shape index (κ3) is 4.03. The molecule has 0 aliphatic heterocycles. The maximum Gasteiger partial charge on any atom is 0.0541 e. The van der Waals surface area contributed by atoms with Crippen molar-refractivity contribution in [2.75, 3.05) is 0 Å². The van der Waals surface area contributed by atoms with Crippen LogP contribution < -0.4 is 0 Å². The standard InChI is InChI=1S/C43H32N2/c1-29-35(32-22-26-41-38(28-32)36-16-8-10-18-39(36)44(41)33-14-6-3-7-15-33)25-27-42-43(29)37-17-9-11-19-40(37)45(42)34-23-20-31(21-24-34)30-12-4-2-5-13-30/h2-29,35H,1H3/t29-,35?/m0/s1. The topological polar surface area (TPSA) is 9.86 Å². The minimum Gasteiger partial charge on any atom is -0.310 e. The van der Waals surface area contributed by atoms with E-state index < -0.39 is 0 Å². The van der Waals surface area contributed by atoms with Crippen LogP contribution in [-0.2, 0) is 0 Å². The fraction of sp³-hybridized carbons (Fsp3) is 0.0698. The van der Waals surface area contributed by atoms with E-state index in [1.165, 1.54) is 72.0 Å². The Labute approximate surface area is 263 Å². The second-order valence-electron chi connectivity index (χ2n) is 12.2. The largest absolute Gasteiger partial charge is 0.310 e. The minimum absolute atomic E-state index is 0.278. The van der Waals surface area contributed by atoms with Crippen molar-refractivity contribution in [3.05, 3.63) is 175 Å². The van der Waals surface area contributed by atoms with Gasteiger partial charge in [-0.05, 0) is 82.8 Å². The molecule has 2 nitrogen and oxygen atoms in total. The van der Waals surface area contributed by atoms with Gasteiger partial charge in [0, 0.05) is 33.5 Å². The fourth-order valence-electron chi connectivity index (χ4n) is 7.63. The number of rotatable bonds is 4. The van der Waals surface area contributed by atoms with Crippen molar-refractivity contribution in [2.24, 2.45) is 0 Å². The maximum absolute atomic E-state index is 2.44. The smallest absolute Gasteiger partial charge is 0.0541 e. The number of nitrogens with zero attached hydrogens (tertiary/aromatic N) is 2. The Morgan fingerprint density at radius 1 is 0.467 bits per heavy atom. The van der Waals surface area contributed by atoms with Crippen LogP contribution in [0, 0.1) is 0 Å². The van der Waals surface area contributed by atoms with Crippen LogP contribution in [0.25, 0.3) is 61.3 Å². The number of allylic oxidation sites excluding steroid dienone is 1. The number of hydrogen-bond donors (Lipinski definition) is 0. The summed E-state index contributed by atoms with van der Waals surface area (Å²) in [7, 11) is 0. The van der Waals surface area contributed by atoms with Gasteiger partial charge in [-0.15, -0.1) is 0 Å². The summed E-state index contributed by atoms with van der Waals surface area (Å²) in [6.45, 7) is 2.40. The van der Waals surface area contributed by atoms with Crippen LogP contribution in [0.5, 0.6) is 0 Å². The van der Waals surface area contributed by atoms with Crippen LogP contribution >= 0.6 is 0 Å². The van der Waals surface area contributed by atoms with E-state index in [4.69, 9.17) is 0 Å². The van der Waals surface area contributed by atoms with Crippen LogP contribution in [-0.4, -0.2) is 9.13 Å². The van der Waals surface area contributed by atoms with Crippen LogP contribution in [0.4, 0.5) is 0 Å². The molecular formula is C43H32N2. The number of fused-ring (bicyclic) bond motifs is 6. The van der Waals surface area contributed by atoms with E-state index in [1.54, 1.807) is 0 Å². The van der Waals surface area contributed by atoms with Gasteiger partial charge in [0.05, 0.1) is 22.2 Å². The average Bonchev–Trinajstić information content (AvgIpc) is 3.62. The summed E-state index contributed by atoms with van der Waals surface area (Å²) < 4.78 is 4.84. The Morgan fingerprint density at radius 3 is 1.80 bits per heavy atom. The predicted molar refractivity (Wildman–Crippen MR) is 190 cm³/mol. The molecule has 214 valence electrons. The molecule has 1 aliphatic rings. The van der Waals surface area contributed by atoms with E-state index in [0.717, 1.165) is 0 Å². The van der Waals surface area contributed by atoms with E-state index in [1.807, 2.05) is 0 Å². The Hall–Kier alpha value is -5.60. The molecule has 9 rings (SSSR count). The molecule has 2 heteroatoms. The van der Waals surface area contributed by atoms with Gasteiger partial charge >= 0.3 is 0 Å². The van der Waals surface area contributed by atoms with Crippen molar-refractivity contribution in [2.45, 2.75) is 18.8 Å². The number of aromatic nitrogens is 2. The molecule has 2 heterocycles. The molecule has 0 saturated carbocycles. The molecule has 8 aromatic rings. The van der Waals surface area contributed by atoms with Crippen LogP contribution in [0.2, 0.25) is 0 Å². The normalized spacial score (nSPS) is 16.0. The lowest BCUT2D eigenvalue weighted by atomic mass is 9.78. The van der Waals surface area contributed by atoms with Gasteiger partial charge in [-0.2, -0.15) is 0 Å². The van der Waals surface area contributed by atoms with E-state index in [0.29, 0.717) is 5.92 Å². The molecule has 2 aromatic heterocycles. The summed E-state index contributed by atoms with van der Waals surface area (Å²) in [6, 6.07) is 55.1. The number of para-hydroxylation sites is 3. The highest BCUT2D eigenvalue weighted by molar-refractivity contribution is 6.09. The van der Waals surface area contributed by atoms with Crippen LogP contribution in [0.15, 0.2) is 158 Å². The summed E-state index contributed by atoms with van der Waals surface area (Å²) >= 11 is 0. The Balaban J connectivity index is 1.16. The lowest BCUT2D eigenvalue weighted by Gasteiger charge is -2.27. The molecular weight excluding hydrogens is 544 g/mol. The predicted octanol–water partition coefficient (Wildman–Crippen LogP) is 11.3.